The van der Waals surface area contributed by atoms with Gasteiger partial charge in [0.05, 0.1) is 0 Å². The van der Waals surface area contributed by atoms with Crippen molar-refractivity contribution in [1.82, 2.24) is 0 Å². The number of rotatable bonds is 2. The van der Waals surface area contributed by atoms with E-state index in [0.717, 1.165) is 5.92 Å². The zero-order valence-electron chi connectivity index (χ0n) is 10.8. The minimum absolute atomic E-state index is 0. The van der Waals surface area contributed by atoms with Crippen LogP contribution in [0, 0.1) is 5.92 Å². The Labute approximate surface area is 129 Å². The first-order valence-corrected chi connectivity index (χ1v) is 9.21. The van der Waals surface area contributed by atoms with Gasteiger partial charge in [-0.25, -0.2) is 0 Å². The van der Waals surface area contributed by atoms with E-state index in [1.807, 2.05) is 3.33 Å². The summed E-state index contributed by atoms with van der Waals surface area (Å²) in [7, 11) is 0. The Hall–Kier alpha value is 0.410. The fraction of sp³-hybridized carbons (Fsp3) is 0.429. The van der Waals surface area contributed by atoms with E-state index < -0.39 is 22.9 Å². The molecule has 92 valence electrons. The summed E-state index contributed by atoms with van der Waals surface area (Å²) in [5.74, 6) is 0.745. The van der Waals surface area contributed by atoms with Crippen molar-refractivity contribution in [3.8, 4) is 0 Å². The molecule has 0 saturated heterocycles. The Morgan fingerprint density at radius 2 is 1.76 bits per heavy atom. The quantitative estimate of drug-likeness (QED) is 0.448. The minimum atomic E-state index is -0.691. The molecule has 0 spiro atoms. The Morgan fingerprint density at radius 1 is 1.12 bits per heavy atom. The largest absolute Gasteiger partial charge is 1.00 e. The van der Waals surface area contributed by atoms with Gasteiger partial charge in [0.25, 0.3) is 0 Å². The monoisotopic (exact) mass is 436 g/mol. The van der Waals surface area contributed by atoms with Crippen LogP contribution in [0.1, 0.15) is 34.1 Å². The van der Waals surface area contributed by atoms with Gasteiger partial charge in [-0.05, 0) is 0 Å². The van der Waals surface area contributed by atoms with Gasteiger partial charge in [0, 0.05) is 0 Å². The predicted molar refractivity (Wildman–Crippen MR) is 62.1 cm³/mol. The number of allylic oxidation sites excluding steroid dienone is 8. The molecule has 0 aromatic carbocycles. The van der Waals surface area contributed by atoms with E-state index in [1.165, 1.54) is 6.42 Å². The van der Waals surface area contributed by atoms with E-state index in [1.54, 1.807) is 20.0 Å². The molecule has 1 atom stereocenters. The van der Waals surface area contributed by atoms with E-state index >= 15 is 0 Å². The van der Waals surface area contributed by atoms with Crippen molar-refractivity contribution in [2.24, 2.45) is 5.92 Å². The van der Waals surface area contributed by atoms with E-state index in [0.29, 0.717) is 0 Å². The Morgan fingerprint density at radius 3 is 2.18 bits per heavy atom. The van der Waals surface area contributed by atoms with Crippen molar-refractivity contribution >= 4 is 0 Å². The molecule has 0 radical (unpaired) electrons. The molecular formula is C14H18Cl2Hf. The molecule has 0 aliphatic heterocycles. The third-order valence-corrected chi connectivity index (χ3v) is 10.1. The Balaban J connectivity index is 0.00000128. The van der Waals surface area contributed by atoms with Gasteiger partial charge in [-0.1, -0.05) is 0 Å². The summed E-state index contributed by atoms with van der Waals surface area (Å²) >= 11 is -0.691. The summed E-state index contributed by atoms with van der Waals surface area (Å²) in [6.07, 6.45) is 8.12. The SMILES string of the molecule is CC1=C(C)C(C)[C]([Hf+2][C]2=CC=CC2)=C1C.[Cl-].[Cl-]. The van der Waals surface area contributed by atoms with Crippen LogP contribution in [0.5, 0.6) is 0 Å². The summed E-state index contributed by atoms with van der Waals surface area (Å²) in [6.45, 7) is 9.31. The van der Waals surface area contributed by atoms with Crippen LogP contribution in [0.3, 0.4) is 0 Å². The first-order chi connectivity index (χ1) is 7.11. The van der Waals surface area contributed by atoms with E-state index in [-0.39, 0.29) is 24.8 Å². The van der Waals surface area contributed by atoms with Crippen LogP contribution in [0.15, 0.2) is 41.6 Å². The summed E-state index contributed by atoms with van der Waals surface area (Å²) in [6, 6.07) is 0. The van der Waals surface area contributed by atoms with Crippen LogP contribution in [0.25, 0.3) is 0 Å². The van der Waals surface area contributed by atoms with Crippen molar-refractivity contribution in [2.75, 3.05) is 0 Å². The molecule has 0 fully saturated rings. The molecule has 0 amide bonds. The van der Waals surface area contributed by atoms with Gasteiger partial charge in [-0.3, -0.25) is 0 Å². The Bertz CT molecular complexity index is 414. The van der Waals surface area contributed by atoms with Crippen LogP contribution < -0.4 is 24.8 Å². The number of hydrogen-bond acceptors (Lipinski definition) is 0. The van der Waals surface area contributed by atoms with E-state index in [2.05, 4.69) is 45.9 Å². The third kappa shape index (κ3) is 3.45. The first kappa shape index (κ1) is 17.4. The number of halogens is 2. The van der Waals surface area contributed by atoms with Crippen LogP contribution in [-0.2, 0) is 22.9 Å². The van der Waals surface area contributed by atoms with Crippen molar-refractivity contribution in [3.05, 3.63) is 41.6 Å². The van der Waals surface area contributed by atoms with Crippen molar-refractivity contribution in [2.45, 2.75) is 34.1 Å². The topological polar surface area (TPSA) is 0 Å². The van der Waals surface area contributed by atoms with E-state index in [9.17, 15) is 0 Å². The first-order valence-electron chi connectivity index (χ1n) is 5.62. The summed E-state index contributed by atoms with van der Waals surface area (Å²) in [4.78, 5) is 0. The smallest absolute Gasteiger partial charge is 1.00 e. The van der Waals surface area contributed by atoms with Crippen molar-refractivity contribution in [3.63, 3.8) is 0 Å². The zero-order valence-corrected chi connectivity index (χ0v) is 15.9. The van der Waals surface area contributed by atoms with Crippen LogP contribution in [0.4, 0.5) is 0 Å². The second-order valence-corrected chi connectivity index (χ2v) is 9.66. The van der Waals surface area contributed by atoms with Gasteiger partial charge in [0.2, 0.25) is 0 Å². The predicted octanol–water partition coefficient (Wildman–Crippen LogP) is -1.82. The van der Waals surface area contributed by atoms with E-state index in [4.69, 9.17) is 0 Å². The molecule has 0 N–H and O–H groups in total. The van der Waals surface area contributed by atoms with Gasteiger partial charge < -0.3 is 24.8 Å². The van der Waals surface area contributed by atoms with Gasteiger partial charge in [-0.15, -0.1) is 0 Å². The molecule has 1 unspecified atom stereocenters. The van der Waals surface area contributed by atoms with Crippen LogP contribution >= 0.6 is 0 Å². The maximum absolute atomic E-state index is 2.39. The zero-order chi connectivity index (χ0) is 11.0. The molecule has 17 heavy (non-hydrogen) atoms. The molecule has 0 bridgehead atoms. The van der Waals surface area contributed by atoms with Crippen molar-refractivity contribution < 1.29 is 47.7 Å². The maximum atomic E-state index is 2.39. The fourth-order valence-electron chi connectivity index (χ4n) is 2.28. The summed E-state index contributed by atoms with van der Waals surface area (Å²) in [5, 5.41) is 0. The molecule has 2 rings (SSSR count). The third-order valence-electron chi connectivity index (χ3n) is 3.71. The molecule has 0 heterocycles. The average molecular weight is 436 g/mol. The summed E-state index contributed by atoms with van der Waals surface area (Å²) in [5.41, 5.74) is 4.80. The molecule has 0 aromatic heterocycles. The maximum Gasteiger partial charge on any atom is -1.00 e. The average Bonchev–Trinajstić information content (AvgIpc) is 2.79. The molecular weight excluding hydrogens is 418 g/mol. The molecule has 3 heteroatoms. The fourth-order valence-corrected chi connectivity index (χ4v) is 7.86. The number of hydrogen-bond donors (Lipinski definition) is 0. The van der Waals surface area contributed by atoms with Crippen molar-refractivity contribution in [1.29, 1.82) is 0 Å². The second-order valence-electron chi connectivity index (χ2n) is 4.52. The van der Waals surface area contributed by atoms with Gasteiger partial charge in [0.1, 0.15) is 0 Å². The molecule has 2 aliphatic rings. The second kappa shape index (κ2) is 7.11. The molecule has 0 saturated carbocycles. The van der Waals surface area contributed by atoms with Crippen LogP contribution in [-0.4, -0.2) is 0 Å². The van der Waals surface area contributed by atoms with Gasteiger partial charge in [0.15, 0.2) is 0 Å². The van der Waals surface area contributed by atoms with Gasteiger partial charge in [-0.2, -0.15) is 0 Å². The normalized spacial score (nSPS) is 22.1. The standard InChI is InChI=1S/C9H13.C5H5.2ClH.Hf/c1-6-5-7(2)9(4)8(6)3;1-2-4-5-3-1;;;/h6H,1-4H3;1-3H,4H2;2*1H;/q;;;;+2/p-2. The molecule has 0 aromatic rings. The summed E-state index contributed by atoms with van der Waals surface area (Å²) < 4.78 is 3.60. The molecule has 2 aliphatic carbocycles. The van der Waals surface area contributed by atoms with Crippen LogP contribution in [0.2, 0.25) is 0 Å². The Kier molecular flexibility index (Phi) is 7.28. The minimum Gasteiger partial charge on any atom is -1.00 e. The molecule has 0 nitrogen and oxygen atoms in total. The van der Waals surface area contributed by atoms with Gasteiger partial charge >= 0.3 is 105 Å².